The number of aryl methyl sites for hydroxylation is 1. The zero-order chi connectivity index (χ0) is 23.0. The Bertz CT molecular complexity index is 1150. The van der Waals surface area contributed by atoms with E-state index in [2.05, 4.69) is 5.32 Å². The maximum Gasteiger partial charge on any atom is 0.264 e. The fourth-order valence-corrected chi connectivity index (χ4v) is 5.54. The Morgan fingerprint density at radius 2 is 1.75 bits per heavy atom. The number of amides is 1. The zero-order valence-corrected chi connectivity index (χ0v) is 20.1. The van der Waals surface area contributed by atoms with Crippen molar-refractivity contribution in [2.24, 2.45) is 0 Å². The molecule has 3 aromatic rings. The predicted molar refractivity (Wildman–Crippen MR) is 133 cm³/mol. The number of thioether (sulfide) groups is 1. The summed E-state index contributed by atoms with van der Waals surface area (Å²) in [5.74, 6) is 1.14. The van der Waals surface area contributed by atoms with Gasteiger partial charge in [-0.2, -0.15) is 11.8 Å². The molecule has 0 saturated heterocycles. The third-order valence-corrected chi connectivity index (χ3v) is 7.69. The summed E-state index contributed by atoms with van der Waals surface area (Å²) in [6.45, 7) is 2.03. The smallest absolute Gasteiger partial charge is 0.264 e. The average molecular weight is 489 g/mol. The van der Waals surface area contributed by atoms with E-state index in [0.717, 1.165) is 21.2 Å². The van der Waals surface area contributed by atoms with Crippen LogP contribution in [0.15, 0.2) is 83.8 Å². The Morgan fingerprint density at radius 1 is 1.00 bits per heavy atom. The Kier molecular flexibility index (Phi) is 8.61. The van der Waals surface area contributed by atoms with Crippen LogP contribution in [0.1, 0.15) is 11.1 Å². The van der Waals surface area contributed by atoms with Crippen LogP contribution in [0.25, 0.3) is 0 Å². The Labute approximate surface area is 198 Å². The molecule has 32 heavy (non-hydrogen) atoms. The van der Waals surface area contributed by atoms with Gasteiger partial charge in [0.2, 0.25) is 5.91 Å². The van der Waals surface area contributed by atoms with E-state index in [0.29, 0.717) is 23.0 Å². The molecule has 0 aliphatic carbocycles. The summed E-state index contributed by atoms with van der Waals surface area (Å²) >= 11 is 7.67. The van der Waals surface area contributed by atoms with Gasteiger partial charge in [-0.1, -0.05) is 54.1 Å². The van der Waals surface area contributed by atoms with Crippen molar-refractivity contribution in [2.45, 2.75) is 17.6 Å². The second kappa shape index (κ2) is 11.4. The molecule has 0 saturated carbocycles. The highest BCUT2D eigenvalue weighted by Gasteiger charge is 2.27. The Morgan fingerprint density at radius 3 is 2.47 bits per heavy atom. The summed E-state index contributed by atoms with van der Waals surface area (Å²) in [7, 11) is -3.89. The molecule has 0 aromatic heterocycles. The van der Waals surface area contributed by atoms with E-state index in [-0.39, 0.29) is 17.3 Å². The van der Waals surface area contributed by atoms with E-state index in [1.54, 1.807) is 48.2 Å². The van der Waals surface area contributed by atoms with Gasteiger partial charge in [0, 0.05) is 23.1 Å². The first-order valence-corrected chi connectivity index (χ1v) is 13.1. The van der Waals surface area contributed by atoms with Gasteiger partial charge in [0.15, 0.2) is 0 Å². The first-order chi connectivity index (χ1) is 15.4. The highest BCUT2D eigenvalue weighted by atomic mass is 35.5. The minimum absolute atomic E-state index is 0.145. The normalized spacial score (nSPS) is 11.2. The van der Waals surface area contributed by atoms with Crippen molar-refractivity contribution in [3.8, 4) is 0 Å². The monoisotopic (exact) mass is 488 g/mol. The average Bonchev–Trinajstić information content (AvgIpc) is 2.78. The molecule has 0 atom stereocenters. The molecule has 0 aliphatic rings. The number of hydrogen-bond acceptors (Lipinski definition) is 4. The molecule has 3 aromatic carbocycles. The summed E-state index contributed by atoms with van der Waals surface area (Å²) in [5.41, 5.74) is 2.49. The standard InChI is InChI=1S/C24H25ClN2O3S2/c1-19-7-5-10-22(15-19)27(32(29,30)23-11-3-2-4-12-23)17-24(28)26-13-14-31-18-20-8-6-9-21(25)16-20/h2-12,15-16H,13-14,17-18H2,1H3,(H,26,28). The SMILES string of the molecule is Cc1cccc(N(CC(=O)NCCSCc2cccc(Cl)c2)S(=O)(=O)c2ccccc2)c1. The molecule has 0 aliphatic heterocycles. The highest BCUT2D eigenvalue weighted by Crippen LogP contribution is 2.24. The Hall–Kier alpha value is -2.48. The number of nitrogens with zero attached hydrogens (tertiary/aromatic N) is 1. The third-order valence-electron chi connectivity index (χ3n) is 4.63. The number of sulfonamides is 1. The van der Waals surface area contributed by atoms with E-state index >= 15 is 0 Å². The van der Waals surface area contributed by atoms with Gasteiger partial charge in [0.25, 0.3) is 10.0 Å². The second-order valence-corrected chi connectivity index (χ2v) is 10.6. The molecular formula is C24H25ClN2O3S2. The largest absolute Gasteiger partial charge is 0.354 e. The maximum atomic E-state index is 13.3. The minimum atomic E-state index is -3.89. The van der Waals surface area contributed by atoms with E-state index in [1.807, 2.05) is 37.3 Å². The van der Waals surface area contributed by atoms with Crippen molar-refractivity contribution in [1.82, 2.24) is 5.32 Å². The number of anilines is 1. The summed E-state index contributed by atoms with van der Waals surface area (Å²) in [5, 5.41) is 3.53. The van der Waals surface area contributed by atoms with Crippen molar-refractivity contribution in [1.29, 1.82) is 0 Å². The highest BCUT2D eigenvalue weighted by molar-refractivity contribution is 7.98. The molecule has 1 amide bonds. The van der Waals surface area contributed by atoms with Crippen LogP contribution in [0.5, 0.6) is 0 Å². The van der Waals surface area contributed by atoms with Crippen LogP contribution >= 0.6 is 23.4 Å². The number of halogens is 1. The van der Waals surface area contributed by atoms with Gasteiger partial charge in [-0.25, -0.2) is 8.42 Å². The van der Waals surface area contributed by atoms with Crippen molar-refractivity contribution in [2.75, 3.05) is 23.1 Å². The van der Waals surface area contributed by atoms with Crippen molar-refractivity contribution >= 4 is 45.0 Å². The van der Waals surface area contributed by atoms with E-state index in [1.165, 1.54) is 12.1 Å². The third kappa shape index (κ3) is 6.76. The van der Waals surface area contributed by atoms with Crippen molar-refractivity contribution in [3.05, 3.63) is 95.0 Å². The molecule has 5 nitrogen and oxygen atoms in total. The van der Waals surface area contributed by atoms with Crippen LogP contribution in [-0.4, -0.2) is 33.2 Å². The first-order valence-electron chi connectivity index (χ1n) is 10.1. The maximum absolute atomic E-state index is 13.3. The molecule has 8 heteroatoms. The van der Waals surface area contributed by atoms with Gasteiger partial charge in [-0.3, -0.25) is 9.10 Å². The van der Waals surface area contributed by atoms with E-state index in [4.69, 9.17) is 11.6 Å². The molecule has 1 N–H and O–H groups in total. The first kappa shape index (κ1) is 24.2. The van der Waals surface area contributed by atoms with Crippen LogP contribution < -0.4 is 9.62 Å². The number of benzene rings is 3. The molecule has 168 valence electrons. The van der Waals surface area contributed by atoms with Crippen LogP contribution in [0.2, 0.25) is 5.02 Å². The lowest BCUT2D eigenvalue weighted by Crippen LogP contribution is -2.41. The van der Waals surface area contributed by atoms with Crippen molar-refractivity contribution < 1.29 is 13.2 Å². The molecule has 3 rings (SSSR count). The summed E-state index contributed by atoms with van der Waals surface area (Å²) in [6, 6.07) is 22.9. The lowest BCUT2D eigenvalue weighted by Gasteiger charge is -2.24. The molecular weight excluding hydrogens is 464 g/mol. The van der Waals surface area contributed by atoms with Crippen LogP contribution in [-0.2, 0) is 20.6 Å². The zero-order valence-electron chi connectivity index (χ0n) is 17.7. The number of nitrogens with one attached hydrogen (secondary N) is 1. The Balaban J connectivity index is 1.62. The van der Waals surface area contributed by atoms with Crippen LogP contribution in [0.3, 0.4) is 0 Å². The van der Waals surface area contributed by atoms with Crippen LogP contribution in [0, 0.1) is 6.92 Å². The predicted octanol–water partition coefficient (Wildman–Crippen LogP) is 4.89. The van der Waals surface area contributed by atoms with Crippen molar-refractivity contribution in [3.63, 3.8) is 0 Å². The topological polar surface area (TPSA) is 66.5 Å². The number of carbonyl (C=O) groups excluding carboxylic acids is 1. The molecule has 0 bridgehead atoms. The quantitative estimate of drug-likeness (QED) is 0.412. The summed E-state index contributed by atoms with van der Waals surface area (Å²) in [4.78, 5) is 12.8. The molecule has 0 unspecified atom stereocenters. The minimum Gasteiger partial charge on any atom is -0.354 e. The molecule has 0 fully saturated rings. The van der Waals surface area contributed by atoms with Gasteiger partial charge in [0.05, 0.1) is 10.6 Å². The molecule has 0 spiro atoms. The fourth-order valence-electron chi connectivity index (χ4n) is 3.08. The van der Waals surface area contributed by atoms with Crippen LogP contribution in [0.4, 0.5) is 5.69 Å². The van der Waals surface area contributed by atoms with E-state index in [9.17, 15) is 13.2 Å². The second-order valence-electron chi connectivity index (χ2n) is 7.20. The van der Waals surface area contributed by atoms with Gasteiger partial charge < -0.3 is 5.32 Å². The number of rotatable bonds is 10. The molecule has 0 radical (unpaired) electrons. The number of carbonyl (C=O) groups is 1. The summed E-state index contributed by atoms with van der Waals surface area (Å²) in [6.07, 6.45) is 0. The van der Waals surface area contributed by atoms with Gasteiger partial charge in [0.1, 0.15) is 6.54 Å². The molecule has 0 heterocycles. The fraction of sp³-hybridized carbons (Fsp3) is 0.208. The van der Waals surface area contributed by atoms with Gasteiger partial charge in [-0.15, -0.1) is 0 Å². The number of hydrogen-bond donors (Lipinski definition) is 1. The van der Waals surface area contributed by atoms with Gasteiger partial charge in [-0.05, 0) is 54.4 Å². The lowest BCUT2D eigenvalue weighted by atomic mass is 10.2. The lowest BCUT2D eigenvalue weighted by molar-refractivity contribution is -0.119. The van der Waals surface area contributed by atoms with Gasteiger partial charge >= 0.3 is 0 Å². The summed E-state index contributed by atoms with van der Waals surface area (Å²) < 4.78 is 27.7. The van der Waals surface area contributed by atoms with E-state index < -0.39 is 10.0 Å².